The maximum Gasteiger partial charge on any atom is 0.223 e. The number of hydrogen-bond donors (Lipinski definition) is 1. The molecule has 2 atom stereocenters. The fourth-order valence-electron chi connectivity index (χ4n) is 2.59. The maximum atomic E-state index is 12.2. The van der Waals surface area contributed by atoms with Crippen LogP contribution in [0.3, 0.4) is 0 Å². The number of thiocarbonyl (C=S) groups is 1. The van der Waals surface area contributed by atoms with Gasteiger partial charge in [-0.3, -0.25) is 4.79 Å². The van der Waals surface area contributed by atoms with Crippen LogP contribution in [0.25, 0.3) is 0 Å². The average Bonchev–Trinajstić information content (AvgIpc) is 2.26. The summed E-state index contributed by atoms with van der Waals surface area (Å²) >= 11 is 4.93. The van der Waals surface area contributed by atoms with E-state index < -0.39 is 0 Å². The second-order valence-electron chi connectivity index (χ2n) is 6.68. The Morgan fingerprint density at radius 1 is 1.53 bits per heavy atom. The molecule has 2 unspecified atom stereocenters. The van der Waals surface area contributed by atoms with Gasteiger partial charge in [-0.25, -0.2) is 0 Å². The lowest BCUT2D eigenvalue weighted by Gasteiger charge is -2.33. The molecule has 1 aliphatic rings. The van der Waals surface area contributed by atoms with Crippen LogP contribution >= 0.6 is 12.2 Å². The van der Waals surface area contributed by atoms with Crippen LogP contribution in [0.15, 0.2) is 0 Å². The zero-order chi connectivity index (χ0) is 14.6. The number of nitrogens with two attached hydrogens (primary N) is 1. The first-order valence-electron chi connectivity index (χ1n) is 6.88. The third-order valence-corrected chi connectivity index (χ3v) is 3.48. The second kappa shape index (κ2) is 6.66. The van der Waals surface area contributed by atoms with Crippen LogP contribution < -0.4 is 5.73 Å². The van der Waals surface area contributed by atoms with Crippen molar-refractivity contribution in [2.45, 2.75) is 46.6 Å². The highest BCUT2D eigenvalue weighted by Crippen LogP contribution is 2.26. The number of carbonyl (C=O) groups is 1. The van der Waals surface area contributed by atoms with E-state index in [2.05, 4.69) is 27.7 Å². The molecule has 2 N–H and O–H groups in total. The number of amides is 1. The minimum atomic E-state index is -0.286. The molecule has 0 aliphatic carbocycles. The van der Waals surface area contributed by atoms with Crippen LogP contribution in [0.1, 0.15) is 40.5 Å². The zero-order valence-electron chi connectivity index (χ0n) is 12.4. The topological polar surface area (TPSA) is 55.6 Å². The summed E-state index contributed by atoms with van der Waals surface area (Å²) in [4.78, 5) is 14.4. The quantitative estimate of drug-likeness (QED) is 0.803. The second-order valence-corrected chi connectivity index (χ2v) is 7.15. The molecule has 19 heavy (non-hydrogen) atoms. The Labute approximate surface area is 121 Å². The predicted octanol–water partition coefficient (Wildman–Crippen LogP) is 1.96. The third-order valence-electron chi connectivity index (χ3n) is 3.22. The number of rotatable bonds is 4. The predicted molar refractivity (Wildman–Crippen MR) is 81.0 cm³/mol. The van der Waals surface area contributed by atoms with Gasteiger partial charge in [-0.1, -0.05) is 39.9 Å². The van der Waals surface area contributed by atoms with Gasteiger partial charge < -0.3 is 15.4 Å². The third kappa shape index (κ3) is 5.87. The first kappa shape index (κ1) is 16.4. The first-order chi connectivity index (χ1) is 8.69. The molecule has 0 aromatic rings. The van der Waals surface area contributed by atoms with Crippen LogP contribution in [-0.4, -0.2) is 41.6 Å². The smallest absolute Gasteiger partial charge is 0.223 e. The molecule has 0 aromatic heterocycles. The highest BCUT2D eigenvalue weighted by Gasteiger charge is 2.27. The molecular weight excluding hydrogens is 260 g/mol. The number of hydrogen-bond acceptors (Lipinski definition) is 3. The summed E-state index contributed by atoms with van der Waals surface area (Å²) in [5.74, 6) is 0.569. The Morgan fingerprint density at radius 2 is 2.16 bits per heavy atom. The van der Waals surface area contributed by atoms with Gasteiger partial charge in [0.25, 0.3) is 0 Å². The van der Waals surface area contributed by atoms with Gasteiger partial charge in [0.1, 0.15) is 11.1 Å². The lowest BCUT2D eigenvalue weighted by molar-refractivity contribution is -0.137. The van der Waals surface area contributed by atoms with Crippen LogP contribution in [0.5, 0.6) is 0 Å². The largest absolute Gasteiger partial charge is 0.391 e. The minimum absolute atomic E-state index is 0.182. The molecule has 110 valence electrons. The van der Waals surface area contributed by atoms with E-state index in [9.17, 15) is 4.79 Å². The average molecular weight is 286 g/mol. The van der Waals surface area contributed by atoms with E-state index in [0.29, 0.717) is 37.0 Å². The molecule has 1 rings (SSSR count). The Morgan fingerprint density at radius 3 is 2.68 bits per heavy atom. The van der Waals surface area contributed by atoms with Crippen molar-refractivity contribution < 1.29 is 9.53 Å². The monoisotopic (exact) mass is 286 g/mol. The molecule has 1 saturated heterocycles. The normalized spacial score (nSPS) is 22.1. The summed E-state index contributed by atoms with van der Waals surface area (Å²) in [5.41, 5.74) is 5.84. The van der Waals surface area contributed by atoms with Crippen molar-refractivity contribution in [3.63, 3.8) is 0 Å². The van der Waals surface area contributed by atoms with E-state index in [1.54, 1.807) is 0 Å². The molecule has 0 aromatic carbocycles. The first-order valence-corrected chi connectivity index (χ1v) is 7.28. The van der Waals surface area contributed by atoms with Crippen LogP contribution in [0.4, 0.5) is 0 Å². The molecule has 0 radical (unpaired) electrons. The molecule has 1 heterocycles. The number of carbonyl (C=O) groups excluding carboxylic acids is 1. The molecule has 5 heteroatoms. The zero-order valence-corrected chi connectivity index (χ0v) is 13.3. The molecule has 0 bridgehead atoms. The Balaban J connectivity index is 2.47. The van der Waals surface area contributed by atoms with Crippen molar-refractivity contribution in [3.05, 3.63) is 0 Å². The van der Waals surface area contributed by atoms with Crippen molar-refractivity contribution in [2.75, 3.05) is 19.7 Å². The molecule has 4 nitrogen and oxygen atoms in total. The van der Waals surface area contributed by atoms with Crippen LogP contribution in [-0.2, 0) is 9.53 Å². The highest BCUT2D eigenvalue weighted by atomic mass is 32.1. The molecule has 1 amide bonds. The maximum absolute atomic E-state index is 12.2. The number of morpholine rings is 1. The van der Waals surface area contributed by atoms with Gasteiger partial charge in [-0.15, -0.1) is 0 Å². The highest BCUT2D eigenvalue weighted by molar-refractivity contribution is 7.80. The summed E-state index contributed by atoms with van der Waals surface area (Å²) in [6, 6.07) is 0. The van der Waals surface area contributed by atoms with Crippen LogP contribution in [0.2, 0.25) is 0 Å². The number of nitrogens with zero attached hydrogens (tertiary/aromatic N) is 1. The summed E-state index contributed by atoms with van der Waals surface area (Å²) in [6.07, 6.45) is 1.34. The van der Waals surface area contributed by atoms with Gasteiger partial charge in [0.15, 0.2) is 0 Å². The van der Waals surface area contributed by atoms with E-state index >= 15 is 0 Å². The lowest BCUT2D eigenvalue weighted by atomic mass is 9.84. The minimum Gasteiger partial charge on any atom is -0.391 e. The number of ether oxygens (including phenoxy) is 1. The Kier molecular flexibility index (Phi) is 5.74. The van der Waals surface area contributed by atoms with Crippen molar-refractivity contribution in [1.29, 1.82) is 0 Å². The lowest BCUT2D eigenvalue weighted by Crippen LogP contribution is -2.50. The molecule has 1 fully saturated rings. The van der Waals surface area contributed by atoms with Gasteiger partial charge in [0.2, 0.25) is 5.91 Å². The van der Waals surface area contributed by atoms with E-state index in [4.69, 9.17) is 22.7 Å². The van der Waals surface area contributed by atoms with Crippen molar-refractivity contribution in [1.82, 2.24) is 4.90 Å². The summed E-state index contributed by atoms with van der Waals surface area (Å²) in [6.45, 7) is 10.4. The molecule has 0 saturated carbocycles. The summed E-state index contributed by atoms with van der Waals surface area (Å²) < 4.78 is 5.45. The van der Waals surface area contributed by atoms with Crippen molar-refractivity contribution >= 4 is 23.1 Å². The molecule has 1 aliphatic heterocycles. The van der Waals surface area contributed by atoms with E-state index in [1.807, 2.05) is 4.90 Å². The summed E-state index contributed by atoms with van der Waals surface area (Å²) in [7, 11) is 0. The van der Waals surface area contributed by atoms with E-state index in [-0.39, 0.29) is 17.4 Å². The Hall–Kier alpha value is -0.680. The van der Waals surface area contributed by atoms with E-state index in [1.165, 1.54) is 0 Å². The van der Waals surface area contributed by atoms with Gasteiger partial charge in [-0.05, 0) is 17.8 Å². The molecule has 0 spiro atoms. The van der Waals surface area contributed by atoms with E-state index in [0.717, 1.165) is 6.42 Å². The van der Waals surface area contributed by atoms with Gasteiger partial charge in [0.05, 0.1) is 13.2 Å². The van der Waals surface area contributed by atoms with Gasteiger partial charge in [-0.2, -0.15) is 0 Å². The fourth-order valence-corrected chi connectivity index (χ4v) is 2.74. The fraction of sp³-hybridized carbons (Fsp3) is 0.857. The molecular formula is C14H26N2O2S. The Bertz CT molecular complexity index is 339. The van der Waals surface area contributed by atoms with Crippen molar-refractivity contribution in [3.8, 4) is 0 Å². The summed E-state index contributed by atoms with van der Waals surface area (Å²) in [5, 5.41) is 0. The standard InChI is InChI=1S/C14H26N2O2S/c1-10(8-14(2,3)4)7-12(17)16-5-6-18-11(9-16)13(15)19/h10-11H,5-9H2,1-4H3,(H2,15,19). The van der Waals surface area contributed by atoms with Crippen LogP contribution in [0, 0.1) is 11.3 Å². The van der Waals surface area contributed by atoms with Crippen molar-refractivity contribution in [2.24, 2.45) is 17.1 Å². The van der Waals surface area contributed by atoms with Gasteiger partial charge >= 0.3 is 0 Å². The van der Waals surface area contributed by atoms with Gasteiger partial charge in [0, 0.05) is 13.0 Å². The SMILES string of the molecule is CC(CC(=O)N1CCOC(C(N)=S)C1)CC(C)(C)C.